The fraction of sp³-hybridized carbons (Fsp3) is 0.688. The van der Waals surface area contributed by atoms with Crippen LogP contribution in [0.25, 0.3) is 0 Å². The summed E-state index contributed by atoms with van der Waals surface area (Å²) < 4.78 is 1.16. The first-order chi connectivity index (χ1) is 10.1. The monoisotopic (exact) mass is 309 g/mol. The smallest absolute Gasteiger partial charge is 0.328 e. The first-order valence-corrected chi connectivity index (χ1v) is 7.61. The fourth-order valence-corrected chi connectivity index (χ4v) is 2.33. The van der Waals surface area contributed by atoms with Crippen molar-refractivity contribution in [2.24, 2.45) is 5.92 Å². The number of aromatic nitrogens is 2. The van der Waals surface area contributed by atoms with Crippen LogP contribution in [0.5, 0.6) is 0 Å². The van der Waals surface area contributed by atoms with Crippen molar-refractivity contribution in [2.75, 3.05) is 20.6 Å². The number of rotatable bonds is 7. The molecule has 0 saturated carbocycles. The molecular formula is C16H27N3O3. The Kier molecular flexibility index (Phi) is 6.29. The van der Waals surface area contributed by atoms with E-state index in [0.717, 1.165) is 22.5 Å². The summed E-state index contributed by atoms with van der Waals surface area (Å²) >= 11 is 0. The second-order valence-corrected chi connectivity index (χ2v) is 6.48. The first kappa shape index (κ1) is 18.4. The number of nitrogens with zero attached hydrogens (tertiary/aromatic N) is 3. The van der Waals surface area contributed by atoms with Gasteiger partial charge in [-0.3, -0.25) is 4.79 Å². The van der Waals surface area contributed by atoms with Crippen molar-refractivity contribution >= 4 is 5.97 Å². The van der Waals surface area contributed by atoms with Crippen molar-refractivity contribution in [1.29, 1.82) is 0 Å². The number of hydrogen-bond donors (Lipinski definition) is 1. The van der Waals surface area contributed by atoms with Gasteiger partial charge >= 0.3 is 5.97 Å². The van der Waals surface area contributed by atoms with E-state index in [9.17, 15) is 14.7 Å². The number of carbonyl (C=O) groups is 1. The summed E-state index contributed by atoms with van der Waals surface area (Å²) in [6, 6.07) is -0.912. The number of aliphatic carboxylic acids is 1. The Balaban J connectivity index is 3.33. The van der Waals surface area contributed by atoms with E-state index in [4.69, 9.17) is 0 Å². The van der Waals surface area contributed by atoms with Gasteiger partial charge < -0.3 is 10.0 Å². The van der Waals surface area contributed by atoms with E-state index >= 15 is 0 Å². The van der Waals surface area contributed by atoms with Gasteiger partial charge in [0.05, 0.1) is 5.69 Å². The molecule has 1 rings (SSSR count). The lowest BCUT2D eigenvalue weighted by Crippen LogP contribution is -2.36. The van der Waals surface area contributed by atoms with Crippen LogP contribution < -0.4 is 5.56 Å². The lowest BCUT2D eigenvalue weighted by molar-refractivity contribution is -0.141. The minimum Gasteiger partial charge on any atom is -0.480 e. The van der Waals surface area contributed by atoms with Gasteiger partial charge in [-0.25, -0.2) is 9.48 Å². The van der Waals surface area contributed by atoms with E-state index in [0.29, 0.717) is 18.4 Å². The first-order valence-electron chi connectivity index (χ1n) is 7.61. The molecule has 1 aromatic heterocycles. The molecule has 6 heteroatoms. The number of carboxylic acid groups (broad SMARTS) is 1. The summed E-state index contributed by atoms with van der Waals surface area (Å²) in [6.07, 6.45) is 1.08. The molecule has 0 bridgehead atoms. The van der Waals surface area contributed by atoms with E-state index < -0.39 is 12.0 Å². The van der Waals surface area contributed by atoms with Crippen LogP contribution >= 0.6 is 0 Å². The van der Waals surface area contributed by atoms with Gasteiger partial charge in [0.25, 0.3) is 5.56 Å². The Labute approximate surface area is 131 Å². The van der Waals surface area contributed by atoms with E-state index in [2.05, 4.69) is 5.10 Å². The Bertz CT molecular complexity index is 591. The van der Waals surface area contributed by atoms with Crippen LogP contribution in [0.1, 0.15) is 43.1 Å². The molecule has 0 spiro atoms. The molecule has 1 N–H and O–H groups in total. The minimum atomic E-state index is -1.01. The second kappa shape index (κ2) is 7.54. The standard InChI is InChI=1S/C16H27N3O3/c1-10(2)9-14(16(21)22)19-15(20)12(4)11(3)13(17-19)7-8-18(5)6/h10,14H,7-9H2,1-6H3,(H,21,22)/t14-/m0/s1. The van der Waals surface area contributed by atoms with Crippen LogP contribution in [0.3, 0.4) is 0 Å². The summed E-state index contributed by atoms with van der Waals surface area (Å²) in [5.41, 5.74) is 1.93. The maximum atomic E-state index is 12.4. The average molecular weight is 309 g/mol. The molecule has 22 heavy (non-hydrogen) atoms. The van der Waals surface area contributed by atoms with Gasteiger partial charge in [0, 0.05) is 18.5 Å². The topological polar surface area (TPSA) is 75.4 Å². The quantitative estimate of drug-likeness (QED) is 0.828. The van der Waals surface area contributed by atoms with Gasteiger partial charge in [-0.05, 0) is 45.8 Å². The molecule has 0 aliphatic rings. The minimum absolute atomic E-state index is 0.168. The molecule has 0 aliphatic heterocycles. The lowest BCUT2D eigenvalue weighted by Gasteiger charge is -2.20. The van der Waals surface area contributed by atoms with Gasteiger partial charge in [-0.2, -0.15) is 5.10 Å². The molecule has 0 amide bonds. The van der Waals surface area contributed by atoms with Gasteiger partial charge in [-0.1, -0.05) is 13.8 Å². The van der Waals surface area contributed by atoms with E-state index in [-0.39, 0.29) is 11.5 Å². The normalized spacial score (nSPS) is 12.9. The third kappa shape index (κ3) is 4.40. The molecule has 0 fully saturated rings. The van der Waals surface area contributed by atoms with Crippen molar-refractivity contribution in [2.45, 2.75) is 46.6 Å². The van der Waals surface area contributed by atoms with Gasteiger partial charge in [0.2, 0.25) is 0 Å². The van der Waals surface area contributed by atoms with Gasteiger partial charge in [0.1, 0.15) is 0 Å². The summed E-state index contributed by atoms with van der Waals surface area (Å²) in [4.78, 5) is 26.0. The molecule has 6 nitrogen and oxygen atoms in total. The van der Waals surface area contributed by atoms with Crippen molar-refractivity contribution < 1.29 is 9.90 Å². The summed E-state index contributed by atoms with van der Waals surface area (Å²) in [6.45, 7) is 8.29. The molecule has 0 radical (unpaired) electrons. The average Bonchev–Trinajstić information content (AvgIpc) is 2.41. The van der Waals surface area contributed by atoms with Crippen LogP contribution in [-0.2, 0) is 11.2 Å². The Morgan fingerprint density at radius 2 is 1.86 bits per heavy atom. The largest absolute Gasteiger partial charge is 0.480 e. The zero-order valence-electron chi connectivity index (χ0n) is 14.4. The number of likely N-dealkylation sites (N-methyl/N-ethyl adjacent to an activating group) is 1. The van der Waals surface area contributed by atoms with Crippen molar-refractivity contribution in [3.8, 4) is 0 Å². The van der Waals surface area contributed by atoms with Crippen LogP contribution in [0, 0.1) is 19.8 Å². The highest BCUT2D eigenvalue weighted by atomic mass is 16.4. The lowest BCUT2D eigenvalue weighted by atomic mass is 10.0. The van der Waals surface area contributed by atoms with Crippen molar-refractivity contribution in [3.05, 3.63) is 27.2 Å². The van der Waals surface area contributed by atoms with Gasteiger partial charge in [-0.15, -0.1) is 0 Å². The third-order valence-corrected chi connectivity index (χ3v) is 3.82. The van der Waals surface area contributed by atoms with Crippen LogP contribution in [0.15, 0.2) is 4.79 Å². The summed E-state index contributed by atoms with van der Waals surface area (Å²) in [7, 11) is 3.94. The molecule has 1 atom stereocenters. The molecule has 1 aromatic rings. The molecule has 0 aromatic carbocycles. The van der Waals surface area contributed by atoms with Crippen LogP contribution in [0.4, 0.5) is 0 Å². The Hall–Kier alpha value is -1.69. The number of hydrogen-bond acceptors (Lipinski definition) is 4. The number of carboxylic acids is 1. The SMILES string of the molecule is Cc1c(CCN(C)C)nn([C@@H](CC(C)C)C(=O)O)c(=O)c1C. The highest BCUT2D eigenvalue weighted by Gasteiger charge is 2.25. The van der Waals surface area contributed by atoms with E-state index in [1.807, 2.05) is 39.8 Å². The fourth-order valence-electron chi connectivity index (χ4n) is 2.33. The van der Waals surface area contributed by atoms with E-state index in [1.54, 1.807) is 6.92 Å². The predicted octanol–water partition coefficient (Wildman–Crippen LogP) is 1.64. The molecule has 0 unspecified atom stereocenters. The maximum absolute atomic E-state index is 12.4. The maximum Gasteiger partial charge on any atom is 0.328 e. The van der Waals surface area contributed by atoms with Gasteiger partial charge in [0.15, 0.2) is 6.04 Å². The van der Waals surface area contributed by atoms with Crippen molar-refractivity contribution in [1.82, 2.24) is 14.7 Å². The predicted molar refractivity (Wildman–Crippen MR) is 86.4 cm³/mol. The summed E-state index contributed by atoms with van der Waals surface area (Å²) in [5.74, 6) is -0.841. The zero-order chi connectivity index (χ0) is 17.0. The van der Waals surface area contributed by atoms with Crippen molar-refractivity contribution in [3.63, 3.8) is 0 Å². The third-order valence-electron chi connectivity index (χ3n) is 3.82. The molecule has 0 aliphatic carbocycles. The highest BCUT2D eigenvalue weighted by Crippen LogP contribution is 2.17. The molecular weight excluding hydrogens is 282 g/mol. The zero-order valence-corrected chi connectivity index (χ0v) is 14.4. The van der Waals surface area contributed by atoms with Crippen LogP contribution in [-0.4, -0.2) is 46.4 Å². The highest BCUT2D eigenvalue weighted by molar-refractivity contribution is 5.71. The van der Waals surface area contributed by atoms with Crippen LogP contribution in [0.2, 0.25) is 0 Å². The molecule has 124 valence electrons. The second-order valence-electron chi connectivity index (χ2n) is 6.48. The molecule has 0 saturated heterocycles. The van der Waals surface area contributed by atoms with E-state index in [1.165, 1.54) is 0 Å². The molecule has 1 heterocycles. The Morgan fingerprint density at radius 3 is 2.32 bits per heavy atom. The summed E-state index contributed by atoms with van der Waals surface area (Å²) in [5, 5.41) is 13.8. The Morgan fingerprint density at radius 1 is 1.27 bits per heavy atom.